The molecule has 29 heavy (non-hydrogen) atoms. The van der Waals surface area contributed by atoms with E-state index in [2.05, 4.69) is 33.8 Å². The van der Waals surface area contributed by atoms with Crippen LogP contribution >= 0.6 is 11.8 Å². The Morgan fingerprint density at radius 3 is 2.62 bits per heavy atom. The summed E-state index contributed by atoms with van der Waals surface area (Å²) in [6.45, 7) is 3.60. The third-order valence-corrected chi connectivity index (χ3v) is 5.64. The lowest BCUT2D eigenvalue weighted by Gasteiger charge is -2.16. The number of benzene rings is 2. The number of carbonyl (C=O) groups excluding carboxylic acids is 1. The van der Waals surface area contributed by atoms with Crippen molar-refractivity contribution in [3.05, 3.63) is 60.2 Å². The molecule has 0 radical (unpaired) electrons. The average Bonchev–Trinajstić information content (AvgIpc) is 3.06. The summed E-state index contributed by atoms with van der Waals surface area (Å²) in [5, 5.41) is 10.3. The summed E-state index contributed by atoms with van der Waals surface area (Å²) in [6, 6.07) is 18.1. The number of fused-ring (bicyclic) bond motifs is 3. The van der Waals surface area contributed by atoms with E-state index in [0.29, 0.717) is 11.7 Å². The molecule has 148 valence electrons. The van der Waals surface area contributed by atoms with E-state index in [1.807, 2.05) is 49.5 Å². The minimum absolute atomic E-state index is 0.0386. The Kier molecular flexibility index (Phi) is 5.76. The molecular weight excluding hydrogens is 382 g/mol. The molecule has 2 heterocycles. The van der Waals surface area contributed by atoms with Crippen molar-refractivity contribution in [1.29, 1.82) is 0 Å². The maximum atomic E-state index is 12.5. The Morgan fingerprint density at radius 1 is 1.07 bits per heavy atom. The second kappa shape index (κ2) is 8.61. The number of hydrogen-bond donors (Lipinski definition) is 0. The second-order valence-electron chi connectivity index (χ2n) is 6.96. The highest BCUT2D eigenvalue weighted by atomic mass is 32.2. The minimum Gasteiger partial charge on any atom is -0.341 e. The van der Waals surface area contributed by atoms with E-state index in [0.717, 1.165) is 40.6 Å². The van der Waals surface area contributed by atoms with Crippen LogP contribution < -0.4 is 0 Å². The number of thioether (sulfide) groups is 1. The van der Waals surface area contributed by atoms with Crippen molar-refractivity contribution in [2.24, 2.45) is 0 Å². The van der Waals surface area contributed by atoms with Crippen LogP contribution in [0.1, 0.15) is 18.9 Å². The number of rotatable bonds is 7. The number of nitrogens with zero attached hydrogens (tertiary/aromatic N) is 5. The van der Waals surface area contributed by atoms with Crippen LogP contribution in [0.5, 0.6) is 0 Å². The molecule has 0 saturated heterocycles. The van der Waals surface area contributed by atoms with E-state index in [1.165, 1.54) is 11.8 Å². The summed E-state index contributed by atoms with van der Waals surface area (Å²) in [7, 11) is 1.82. The minimum atomic E-state index is 0.0386. The number of aryl methyl sites for hydroxylation is 1. The molecule has 4 aromatic rings. The van der Waals surface area contributed by atoms with Crippen molar-refractivity contribution >= 4 is 39.7 Å². The van der Waals surface area contributed by atoms with E-state index in [9.17, 15) is 4.79 Å². The zero-order valence-electron chi connectivity index (χ0n) is 16.6. The SMILES string of the molecule is CCCn1c2ccccc2c2nnc(SCC(=O)N(C)Cc3ccccc3)nc21. The number of carbonyl (C=O) groups is 1. The van der Waals surface area contributed by atoms with Gasteiger partial charge in [-0.15, -0.1) is 10.2 Å². The van der Waals surface area contributed by atoms with Crippen LogP contribution in [0.3, 0.4) is 0 Å². The van der Waals surface area contributed by atoms with Gasteiger partial charge in [-0.05, 0) is 18.1 Å². The number of aromatic nitrogens is 4. The lowest BCUT2D eigenvalue weighted by atomic mass is 10.2. The molecule has 0 N–H and O–H groups in total. The predicted octanol–water partition coefficient (Wildman–Crippen LogP) is 4.14. The third kappa shape index (κ3) is 4.10. The largest absolute Gasteiger partial charge is 0.341 e. The van der Waals surface area contributed by atoms with E-state index >= 15 is 0 Å². The fraction of sp³-hybridized carbons (Fsp3) is 0.273. The fourth-order valence-corrected chi connectivity index (χ4v) is 4.10. The maximum absolute atomic E-state index is 12.5. The molecule has 0 aliphatic carbocycles. The first-order valence-electron chi connectivity index (χ1n) is 9.69. The Bertz CT molecular complexity index is 1140. The van der Waals surface area contributed by atoms with Crippen molar-refractivity contribution in [2.75, 3.05) is 12.8 Å². The first kappa shape index (κ1) is 19.4. The smallest absolute Gasteiger partial charge is 0.233 e. The summed E-state index contributed by atoms with van der Waals surface area (Å²) < 4.78 is 2.19. The van der Waals surface area contributed by atoms with Gasteiger partial charge >= 0.3 is 0 Å². The molecule has 0 bridgehead atoms. The van der Waals surface area contributed by atoms with E-state index in [1.54, 1.807) is 4.90 Å². The summed E-state index contributed by atoms with van der Waals surface area (Å²) in [4.78, 5) is 19.0. The topological polar surface area (TPSA) is 63.9 Å². The van der Waals surface area contributed by atoms with Crippen molar-refractivity contribution in [3.8, 4) is 0 Å². The molecule has 0 aliphatic heterocycles. The summed E-state index contributed by atoms with van der Waals surface area (Å²) in [5.41, 5.74) is 3.87. The van der Waals surface area contributed by atoms with Crippen LogP contribution in [0.2, 0.25) is 0 Å². The van der Waals surface area contributed by atoms with Crippen LogP contribution in [0.15, 0.2) is 59.8 Å². The van der Waals surface area contributed by atoms with Crippen LogP contribution in [0, 0.1) is 0 Å². The molecule has 2 aromatic carbocycles. The van der Waals surface area contributed by atoms with Gasteiger partial charge in [0.05, 0.1) is 11.3 Å². The van der Waals surface area contributed by atoms with E-state index in [-0.39, 0.29) is 11.7 Å². The van der Waals surface area contributed by atoms with Gasteiger partial charge < -0.3 is 9.47 Å². The van der Waals surface area contributed by atoms with Gasteiger partial charge in [0.2, 0.25) is 11.1 Å². The van der Waals surface area contributed by atoms with Crippen LogP contribution in [0.4, 0.5) is 0 Å². The lowest BCUT2D eigenvalue weighted by Crippen LogP contribution is -2.27. The van der Waals surface area contributed by atoms with Gasteiger partial charge in [-0.1, -0.05) is 67.2 Å². The molecule has 2 aromatic heterocycles. The van der Waals surface area contributed by atoms with Crippen molar-refractivity contribution in [1.82, 2.24) is 24.6 Å². The molecule has 0 aliphatic rings. The first-order chi connectivity index (χ1) is 14.2. The highest BCUT2D eigenvalue weighted by Crippen LogP contribution is 2.27. The summed E-state index contributed by atoms with van der Waals surface area (Å²) in [5.74, 6) is 0.321. The van der Waals surface area contributed by atoms with Gasteiger partial charge in [0.1, 0.15) is 5.52 Å². The molecule has 0 spiro atoms. The standard InChI is InChI=1S/C22H23N5OS/c1-3-13-27-18-12-8-7-11-17(18)20-21(27)23-22(25-24-20)29-15-19(28)26(2)14-16-9-5-4-6-10-16/h4-12H,3,13-15H2,1-2H3. The van der Waals surface area contributed by atoms with Crippen LogP contribution in [-0.4, -0.2) is 43.4 Å². The lowest BCUT2D eigenvalue weighted by molar-refractivity contribution is -0.127. The third-order valence-electron chi connectivity index (χ3n) is 4.81. The maximum Gasteiger partial charge on any atom is 0.233 e. The van der Waals surface area contributed by atoms with Gasteiger partial charge in [0, 0.05) is 25.5 Å². The molecule has 7 heteroatoms. The molecular formula is C22H23N5OS. The number of para-hydroxylation sites is 1. The van der Waals surface area contributed by atoms with Gasteiger partial charge in [0.25, 0.3) is 0 Å². The van der Waals surface area contributed by atoms with Gasteiger partial charge in [-0.3, -0.25) is 4.79 Å². The van der Waals surface area contributed by atoms with E-state index in [4.69, 9.17) is 4.98 Å². The molecule has 0 unspecified atom stereocenters. The quantitative estimate of drug-likeness (QED) is 0.433. The Balaban J connectivity index is 1.51. The van der Waals surface area contributed by atoms with Crippen LogP contribution in [-0.2, 0) is 17.9 Å². The fourth-order valence-electron chi connectivity index (χ4n) is 3.38. The van der Waals surface area contributed by atoms with Crippen molar-refractivity contribution < 1.29 is 4.79 Å². The first-order valence-corrected chi connectivity index (χ1v) is 10.7. The zero-order valence-corrected chi connectivity index (χ0v) is 17.4. The van der Waals surface area contributed by atoms with Gasteiger partial charge in [0.15, 0.2) is 5.65 Å². The monoisotopic (exact) mass is 405 g/mol. The zero-order chi connectivity index (χ0) is 20.2. The summed E-state index contributed by atoms with van der Waals surface area (Å²) in [6.07, 6.45) is 1.00. The van der Waals surface area contributed by atoms with Gasteiger partial charge in [-0.25, -0.2) is 4.98 Å². The highest BCUT2D eigenvalue weighted by molar-refractivity contribution is 7.99. The summed E-state index contributed by atoms with van der Waals surface area (Å²) >= 11 is 1.33. The Morgan fingerprint density at radius 2 is 1.83 bits per heavy atom. The molecule has 0 fully saturated rings. The van der Waals surface area contributed by atoms with Crippen LogP contribution in [0.25, 0.3) is 22.1 Å². The molecule has 6 nitrogen and oxygen atoms in total. The van der Waals surface area contributed by atoms with Crippen molar-refractivity contribution in [2.45, 2.75) is 31.6 Å². The number of amides is 1. The highest BCUT2D eigenvalue weighted by Gasteiger charge is 2.16. The average molecular weight is 406 g/mol. The Labute approximate surface area is 173 Å². The van der Waals surface area contributed by atoms with Crippen molar-refractivity contribution in [3.63, 3.8) is 0 Å². The van der Waals surface area contributed by atoms with E-state index < -0.39 is 0 Å². The molecule has 1 amide bonds. The molecule has 0 saturated carbocycles. The number of hydrogen-bond acceptors (Lipinski definition) is 5. The Hall–Kier alpha value is -2.93. The molecule has 0 atom stereocenters. The molecule has 4 rings (SSSR count). The normalized spacial score (nSPS) is 11.2. The second-order valence-corrected chi connectivity index (χ2v) is 7.90. The predicted molar refractivity (Wildman–Crippen MR) is 117 cm³/mol. The van der Waals surface area contributed by atoms with Gasteiger partial charge in [-0.2, -0.15) is 0 Å².